The first kappa shape index (κ1) is 18.7. The Kier molecular flexibility index (Phi) is 6.63. The van der Waals surface area contributed by atoms with Crippen LogP contribution >= 0.6 is 12.4 Å². The molecule has 2 rings (SSSR count). The van der Waals surface area contributed by atoms with E-state index in [1.165, 1.54) is 0 Å². The molecule has 124 valence electrons. The van der Waals surface area contributed by atoms with E-state index in [2.05, 4.69) is 4.98 Å². The average molecular weight is 328 g/mol. The highest BCUT2D eigenvalue weighted by Crippen LogP contribution is 2.24. The molecule has 1 atom stereocenters. The number of ketones is 1. The number of halogens is 1. The Morgan fingerprint density at radius 2 is 2.05 bits per heavy atom. The number of carbonyl (C=O) groups is 2. The molecule has 1 unspecified atom stereocenters. The van der Waals surface area contributed by atoms with Crippen LogP contribution in [0.25, 0.3) is 0 Å². The van der Waals surface area contributed by atoms with E-state index >= 15 is 0 Å². The van der Waals surface area contributed by atoms with Crippen LogP contribution in [0.3, 0.4) is 0 Å². The number of hydrogen-bond acceptors (Lipinski definition) is 3. The van der Waals surface area contributed by atoms with Gasteiger partial charge in [0.1, 0.15) is 5.69 Å². The summed E-state index contributed by atoms with van der Waals surface area (Å²) in [6.07, 6.45) is 3.77. The van der Waals surface area contributed by atoms with Crippen LogP contribution in [0, 0.1) is 6.92 Å². The Morgan fingerprint density at radius 3 is 2.59 bits per heavy atom. The zero-order chi connectivity index (χ0) is 15.6. The molecule has 0 saturated carbocycles. The molecule has 1 aromatic rings. The van der Waals surface area contributed by atoms with Crippen molar-refractivity contribution in [1.82, 2.24) is 9.88 Å². The molecule has 22 heavy (non-hydrogen) atoms. The van der Waals surface area contributed by atoms with Crippen LogP contribution in [0.1, 0.15) is 65.2 Å². The van der Waals surface area contributed by atoms with Gasteiger partial charge in [-0.1, -0.05) is 6.92 Å². The predicted molar refractivity (Wildman–Crippen MR) is 89.9 cm³/mol. The van der Waals surface area contributed by atoms with Crippen molar-refractivity contribution in [1.29, 1.82) is 0 Å². The average Bonchev–Trinajstić information content (AvgIpc) is 2.83. The Hall–Kier alpha value is -1.33. The number of carbonyl (C=O) groups excluding carboxylic acids is 2. The zero-order valence-corrected chi connectivity index (χ0v) is 14.4. The van der Waals surface area contributed by atoms with Crippen LogP contribution in [0.5, 0.6) is 0 Å². The van der Waals surface area contributed by atoms with Crippen molar-refractivity contribution in [3.05, 3.63) is 22.5 Å². The fourth-order valence-corrected chi connectivity index (χ4v) is 3.35. The lowest BCUT2D eigenvalue weighted by Gasteiger charge is -2.35. The van der Waals surface area contributed by atoms with Gasteiger partial charge in [-0.25, -0.2) is 0 Å². The lowest BCUT2D eigenvalue weighted by molar-refractivity contribution is 0.0616. The molecule has 1 aliphatic heterocycles. The van der Waals surface area contributed by atoms with Gasteiger partial charge in [-0.15, -0.1) is 12.4 Å². The molecule has 1 fully saturated rings. The Balaban J connectivity index is 0.00000242. The molecule has 1 aromatic heterocycles. The summed E-state index contributed by atoms with van der Waals surface area (Å²) in [6.45, 7) is 6.61. The van der Waals surface area contributed by atoms with Crippen LogP contribution in [0.15, 0.2) is 0 Å². The summed E-state index contributed by atoms with van der Waals surface area (Å²) in [5.41, 5.74) is 8.66. The number of aromatic nitrogens is 1. The number of amides is 1. The lowest BCUT2D eigenvalue weighted by Crippen LogP contribution is -2.47. The quantitative estimate of drug-likeness (QED) is 0.834. The van der Waals surface area contributed by atoms with Gasteiger partial charge in [-0.3, -0.25) is 9.59 Å². The van der Waals surface area contributed by atoms with Gasteiger partial charge < -0.3 is 15.6 Å². The molecule has 0 aliphatic carbocycles. The maximum atomic E-state index is 12.9. The fraction of sp³-hybridized carbons (Fsp3) is 0.625. The number of aromatic amines is 1. The number of aryl methyl sites for hydroxylation is 1. The minimum Gasteiger partial charge on any atom is -0.354 e. The van der Waals surface area contributed by atoms with Crippen molar-refractivity contribution >= 4 is 24.1 Å². The Morgan fingerprint density at radius 1 is 1.36 bits per heavy atom. The van der Waals surface area contributed by atoms with Gasteiger partial charge in [-0.05, 0) is 45.1 Å². The highest BCUT2D eigenvalue weighted by Gasteiger charge is 2.30. The van der Waals surface area contributed by atoms with Crippen molar-refractivity contribution in [2.24, 2.45) is 5.73 Å². The van der Waals surface area contributed by atoms with E-state index in [4.69, 9.17) is 5.73 Å². The molecule has 5 nitrogen and oxygen atoms in total. The maximum Gasteiger partial charge on any atom is 0.270 e. The smallest absolute Gasteiger partial charge is 0.270 e. The van der Waals surface area contributed by atoms with Crippen LogP contribution in [0.2, 0.25) is 0 Å². The third-order valence-corrected chi connectivity index (χ3v) is 4.37. The first-order valence-electron chi connectivity index (χ1n) is 7.74. The van der Waals surface area contributed by atoms with E-state index in [0.717, 1.165) is 37.1 Å². The van der Waals surface area contributed by atoms with Gasteiger partial charge in [0.05, 0.1) is 0 Å². The molecule has 6 heteroatoms. The molecular weight excluding hydrogens is 302 g/mol. The van der Waals surface area contributed by atoms with E-state index in [1.807, 2.05) is 18.7 Å². The molecule has 0 radical (unpaired) electrons. The monoisotopic (exact) mass is 327 g/mol. The number of rotatable bonds is 4. The molecule has 2 heterocycles. The fourth-order valence-electron chi connectivity index (χ4n) is 3.35. The zero-order valence-electron chi connectivity index (χ0n) is 13.6. The molecule has 1 saturated heterocycles. The second-order valence-corrected chi connectivity index (χ2v) is 5.77. The second-order valence-electron chi connectivity index (χ2n) is 5.77. The van der Waals surface area contributed by atoms with E-state index in [1.54, 1.807) is 6.92 Å². The largest absolute Gasteiger partial charge is 0.354 e. The molecular formula is C16H26ClN3O2. The van der Waals surface area contributed by atoms with Crippen LogP contribution in [0.4, 0.5) is 0 Å². The van der Waals surface area contributed by atoms with Crippen molar-refractivity contribution in [3.8, 4) is 0 Å². The van der Waals surface area contributed by atoms with Crippen LogP contribution in [-0.2, 0) is 6.42 Å². The Labute approximate surface area is 138 Å². The van der Waals surface area contributed by atoms with Gasteiger partial charge in [0.15, 0.2) is 5.78 Å². The van der Waals surface area contributed by atoms with Gasteiger partial charge in [0.25, 0.3) is 5.91 Å². The standard InChI is InChI=1S/C16H25N3O2.ClH/c1-4-13-14(11(3)20)10(2)18-15(13)16(21)19-8-6-5-7-12(19)9-17;/h12,18H,4-9,17H2,1-3H3;1H. The highest BCUT2D eigenvalue weighted by atomic mass is 35.5. The molecule has 3 N–H and O–H groups in total. The van der Waals surface area contributed by atoms with E-state index in [-0.39, 0.29) is 30.1 Å². The molecule has 1 amide bonds. The summed E-state index contributed by atoms with van der Waals surface area (Å²) in [4.78, 5) is 29.7. The number of Topliss-reactive ketones (excluding diaryl/α,β-unsaturated/α-hetero) is 1. The summed E-state index contributed by atoms with van der Waals surface area (Å²) >= 11 is 0. The van der Waals surface area contributed by atoms with Crippen molar-refractivity contribution in [2.75, 3.05) is 13.1 Å². The number of nitrogens with one attached hydrogen (secondary N) is 1. The number of piperidine rings is 1. The maximum absolute atomic E-state index is 12.9. The minimum absolute atomic E-state index is 0. The van der Waals surface area contributed by atoms with Crippen molar-refractivity contribution in [2.45, 2.75) is 52.5 Å². The third kappa shape index (κ3) is 3.36. The molecule has 0 spiro atoms. The summed E-state index contributed by atoms with van der Waals surface area (Å²) in [7, 11) is 0. The summed E-state index contributed by atoms with van der Waals surface area (Å²) < 4.78 is 0. The van der Waals surface area contributed by atoms with Crippen molar-refractivity contribution in [3.63, 3.8) is 0 Å². The highest BCUT2D eigenvalue weighted by molar-refractivity contribution is 6.02. The number of H-pyrrole nitrogens is 1. The lowest BCUT2D eigenvalue weighted by atomic mass is 9.99. The first-order valence-corrected chi connectivity index (χ1v) is 7.74. The SMILES string of the molecule is CCc1c(C(=O)N2CCCCC2CN)[nH]c(C)c1C(C)=O.Cl. The number of hydrogen-bond donors (Lipinski definition) is 2. The summed E-state index contributed by atoms with van der Waals surface area (Å²) in [6, 6.07) is 0.111. The van der Waals surface area contributed by atoms with E-state index < -0.39 is 0 Å². The second kappa shape index (κ2) is 7.79. The number of nitrogens with two attached hydrogens (primary N) is 1. The van der Waals surface area contributed by atoms with Crippen LogP contribution < -0.4 is 5.73 Å². The van der Waals surface area contributed by atoms with E-state index in [0.29, 0.717) is 24.2 Å². The number of likely N-dealkylation sites (tertiary alicyclic amines) is 1. The van der Waals surface area contributed by atoms with Gasteiger partial charge >= 0.3 is 0 Å². The topological polar surface area (TPSA) is 79.2 Å². The normalized spacial score (nSPS) is 18.0. The van der Waals surface area contributed by atoms with Crippen LogP contribution in [-0.4, -0.2) is 40.7 Å². The summed E-state index contributed by atoms with van der Waals surface area (Å²) in [5.74, 6) is -0.00808. The molecule has 1 aliphatic rings. The minimum atomic E-state index is -0.0161. The van der Waals surface area contributed by atoms with Crippen molar-refractivity contribution < 1.29 is 9.59 Å². The predicted octanol–water partition coefficient (Wildman–Crippen LogP) is 2.46. The van der Waals surface area contributed by atoms with Gasteiger partial charge in [0.2, 0.25) is 0 Å². The third-order valence-electron chi connectivity index (χ3n) is 4.37. The first-order chi connectivity index (χ1) is 10.0. The van der Waals surface area contributed by atoms with Gasteiger partial charge in [0, 0.05) is 30.4 Å². The molecule has 0 bridgehead atoms. The van der Waals surface area contributed by atoms with E-state index in [9.17, 15) is 9.59 Å². The van der Waals surface area contributed by atoms with Gasteiger partial charge in [-0.2, -0.15) is 0 Å². The molecule has 0 aromatic carbocycles. The Bertz CT molecular complexity index is 554. The summed E-state index contributed by atoms with van der Waals surface area (Å²) in [5, 5.41) is 0. The number of nitrogens with zero attached hydrogens (tertiary/aromatic N) is 1.